The molecule has 2 aromatic heterocycles. The summed E-state index contributed by atoms with van der Waals surface area (Å²) in [6, 6.07) is 5.84. The Hall–Kier alpha value is -3.22. The molecule has 32 heavy (non-hydrogen) atoms. The standard InChI is InChI=1S/C23H24N4O4S/c24-12-19-18-7-6-17(31-23(30)27-10-2-4-16(28)14-27)11-20(18)32-22(19)26-21(29)8-5-15-3-1-9-25-13-15/h1,3,5,8-9,13,16-17,28H,2,4,6-7,10-11,14H2,(H,26,29). The molecule has 1 fully saturated rings. The van der Waals surface area contributed by atoms with Crippen molar-refractivity contribution in [3.63, 3.8) is 0 Å². The highest BCUT2D eigenvalue weighted by Gasteiger charge is 2.30. The van der Waals surface area contributed by atoms with Crippen LogP contribution >= 0.6 is 11.3 Å². The van der Waals surface area contributed by atoms with E-state index < -0.39 is 12.2 Å². The van der Waals surface area contributed by atoms with E-state index in [9.17, 15) is 20.0 Å². The number of nitrogens with one attached hydrogen (secondary N) is 1. The number of aromatic nitrogens is 1. The molecule has 8 nitrogen and oxygen atoms in total. The Morgan fingerprint density at radius 1 is 1.41 bits per heavy atom. The van der Waals surface area contributed by atoms with Gasteiger partial charge >= 0.3 is 6.09 Å². The number of hydrogen-bond donors (Lipinski definition) is 2. The molecule has 1 aliphatic heterocycles. The van der Waals surface area contributed by atoms with Crippen molar-refractivity contribution in [3.05, 3.63) is 52.2 Å². The molecule has 9 heteroatoms. The van der Waals surface area contributed by atoms with Gasteiger partial charge in [-0.15, -0.1) is 11.3 Å². The van der Waals surface area contributed by atoms with Gasteiger partial charge in [-0.25, -0.2) is 4.79 Å². The maximum absolute atomic E-state index is 12.5. The van der Waals surface area contributed by atoms with Gasteiger partial charge in [-0.1, -0.05) is 6.07 Å². The maximum Gasteiger partial charge on any atom is 0.410 e. The lowest BCUT2D eigenvalue weighted by atomic mass is 9.94. The summed E-state index contributed by atoms with van der Waals surface area (Å²) in [4.78, 5) is 31.3. The Morgan fingerprint density at radius 3 is 3.03 bits per heavy atom. The van der Waals surface area contributed by atoms with E-state index in [0.717, 1.165) is 22.4 Å². The van der Waals surface area contributed by atoms with Crippen LogP contribution in [-0.4, -0.2) is 52.3 Å². The average molecular weight is 453 g/mol. The fourth-order valence-electron chi connectivity index (χ4n) is 4.00. The van der Waals surface area contributed by atoms with E-state index in [4.69, 9.17) is 4.74 Å². The van der Waals surface area contributed by atoms with Gasteiger partial charge in [0, 0.05) is 42.9 Å². The van der Waals surface area contributed by atoms with Crippen LogP contribution in [0.4, 0.5) is 9.80 Å². The van der Waals surface area contributed by atoms with Gasteiger partial charge in [-0.3, -0.25) is 9.78 Å². The fraction of sp³-hybridized carbons (Fsp3) is 0.391. The Labute approximate surface area is 190 Å². The number of pyridine rings is 1. The molecule has 0 aromatic carbocycles. The normalized spacial score (nSPS) is 20.4. The summed E-state index contributed by atoms with van der Waals surface area (Å²) in [6.45, 7) is 0.894. The van der Waals surface area contributed by atoms with Crippen LogP contribution in [-0.2, 0) is 22.4 Å². The van der Waals surface area contributed by atoms with E-state index in [1.165, 1.54) is 17.4 Å². The largest absolute Gasteiger partial charge is 0.446 e. The van der Waals surface area contributed by atoms with Gasteiger partial charge in [-0.2, -0.15) is 5.26 Å². The molecule has 2 N–H and O–H groups in total. The van der Waals surface area contributed by atoms with Crippen molar-refractivity contribution in [3.8, 4) is 6.07 Å². The zero-order chi connectivity index (χ0) is 22.5. The van der Waals surface area contributed by atoms with E-state index >= 15 is 0 Å². The van der Waals surface area contributed by atoms with Gasteiger partial charge in [0.05, 0.1) is 11.7 Å². The third kappa shape index (κ3) is 5.15. The first-order valence-corrected chi connectivity index (χ1v) is 11.4. The molecule has 166 valence electrons. The molecule has 2 aromatic rings. The first kappa shape index (κ1) is 22.0. The zero-order valence-electron chi connectivity index (χ0n) is 17.5. The summed E-state index contributed by atoms with van der Waals surface area (Å²) in [5, 5.41) is 22.8. The third-order valence-corrected chi connectivity index (χ3v) is 6.77. The van der Waals surface area contributed by atoms with E-state index in [0.29, 0.717) is 49.3 Å². The second-order valence-electron chi connectivity index (χ2n) is 7.92. The van der Waals surface area contributed by atoms with Crippen LogP contribution in [0.3, 0.4) is 0 Å². The highest BCUT2D eigenvalue weighted by atomic mass is 32.1. The van der Waals surface area contributed by atoms with Crippen molar-refractivity contribution in [2.24, 2.45) is 0 Å². The van der Waals surface area contributed by atoms with Crippen molar-refractivity contribution in [2.45, 2.75) is 44.3 Å². The van der Waals surface area contributed by atoms with Crippen LogP contribution < -0.4 is 5.32 Å². The van der Waals surface area contributed by atoms with Crippen LogP contribution in [0.25, 0.3) is 6.08 Å². The summed E-state index contributed by atoms with van der Waals surface area (Å²) < 4.78 is 5.68. The second kappa shape index (κ2) is 9.94. The first-order valence-electron chi connectivity index (χ1n) is 10.6. The molecule has 1 saturated heterocycles. The van der Waals surface area contributed by atoms with Crippen molar-refractivity contribution in [1.29, 1.82) is 5.26 Å². The van der Waals surface area contributed by atoms with Crippen LogP contribution in [0.15, 0.2) is 30.6 Å². The van der Waals surface area contributed by atoms with E-state index in [2.05, 4.69) is 16.4 Å². The van der Waals surface area contributed by atoms with Crippen molar-refractivity contribution in [2.75, 3.05) is 18.4 Å². The summed E-state index contributed by atoms with van der Waals surface area (Å²) in [6.07, 6.45) is 8.41. The van der Waals surface area contributed by atoms with Gasteiger partial charge < -0.3 is 20.1 Å². The number of likely N-dealkylation sites (tertiary alicyclic amines) is 1. The lowest BCUT2D eigenvalue weighted by Gasteiger charge is -2.31. The predicted molar refractivity (Wildman–Crippen MR) is 120 cm³/mol. The van der Waals surface area contributed by atoms with Crippen LogP contribution in [0, 0.1) is 11.3 Å². The summed E-state index contributed by atoms with van der Waals surface area (Å²) in [7, 11) is 0. The zero-order valence-corrected chi connectivity index (χ0v) is 18.3. The first-order chi connectivity index (χ1) is 15.5. The van der Waals surface area contributed by atoms with Gasteiger partial charge in [-0.05, 0) is 49.0 Å². The SMILES string of the molecule is N#Cc1c(NC(=O)C=Cc2cccnc2)sc2c1CCC(OC(=O)N1CCCC(O)C1)C2. The Bertz CT molecular complexity index is 1060. The highest BCUT2D eigenvalue weighted by Crippen LogP contribution is 2.38. The molecular weight excluding hydrogens is 428 g/mol. The number of ether oxygens (including phenoxy) is 1. The second-order valence-corrected chi connectivity index (χ2v) is 9.02. The van der Waals surface area contributed by atoms with Gasteiger partial charge in [0.1, 0.15) is 17.2 Å². The number of aliphatic hydroxyl groups is 1. The number of carbonyl (C=O) groups excluding carboxylic acids is 2. The number of β-amino-alcohol motifs (C(OH)–C–C–N with tert-alkyl or cyclic N) is 1. The van der Waals surface area contributed by atoms with E-state index in [-0.39, 0.29) is 12.0 Å². The highest BCUT2D eigenvalue weighted by molar-refractivity contribution is 7.16. The predicted octanol–water partition coefficient (Wildman–Crippen LogP) is 3.12. The average Bonchev–Trinajstić information content (AvgIpc) is 3.14. The number of piperidine rings is 1. The minimum absolute atomic E-state index is 0.284. The smallest absolute Gasteiger partial charge is 0.410 e. The molecule has 3 heterocycles. The molecule has 2 aliphatic rings. The number of nitrogens with zero attached hydrogens (tertiary/aromatic N) is 3. The van der Waals surface area contributed by atoms with Crippen LogP contribution in [0.5, 0.6) is 0 Å². The molecule has 2 unspecified atom stereocenters. The van der Waals surface area contributed by atoms with E-state index in [1.54, 1.807) is 29.4 Å². The number of hydrogen-bond acceptors (Lipinski definition) is 7. The lowest BCUT2D eigenvalue weighted by Crippen LogP contribution is -2.44. The lowest BCUT2D eigenvalue weighted by molar-refractivity contribution is -0.111. The topological polar surface area (TPSA) is 116 Å². The molecule has 0 bridgehead atoms. The number of fused-ring (bicyclic) bond motifs is 1. The third-order valence-electron chi connectivity index (χ3n) is 5.60. The molecule has 2 atom stereocenters. The Morgan fingerprint density at radius 2 is 2.28 bits per heavy atom. The number of amides is 2. The number of nitriles is 1. The van der Waals surface area contributed by atoms with Crippen LogP contribution in [0.1, 0.15) is 40.8 Å². The molecule has 2 amide bonds. The molecule has 1 aliphatic carbocycles. The summed E-state index contributed by atoms with van der Waals surface area (Å²) >= 11 is 1.36. The Balaban J connectivity index is 1.40. The maximum atomic E-state index is 12.5. The molecule has 4 rings (SSSR count). The summed E-state index contributed by atoms with van der Waals surface area (Å²) in [5.41, 5.74) is 2.21. The fourth-order valence-corrected chi connectivity index (χ4v) is 5.27. The van der Waals surface area contributed by atoms with Crippen LogP contribution in [0.2, 0.25) is 0 Å². The van der Waals surface area contributed by atoms with Crippen molar-refractivity contribution >= 4 is 34.4 Å². The number of thiophene rings is 1. The number of aliphatic hydroxyl groups excluding tert-OH is 1. The van der Waals surface area contributed by atoms with E-state index in [1.807, 2.05) is 6.07 Å². The number of carbonyl (C=O) groups is 2. The minimum atomic E-state index is -0.497. The van der Waals surface area contributed by atoms with Crippen molar-refractivity contribution < 1.29 is 19.4 Å². The van der Waals surface area contributed by atoms with Gasteiger partial charge in [0.2, 0.25) is 5.91 Å². The quantitative estimate of drug-likeness (QED) is 0.689. The van der Waals surface area contributed by atoms with Gasteiger partial charge in [0.25, 0.3) is 0 Å². The monoisotopic (exact) mass is 452 g/mol. The summed E-state index contributed by atoms with van der Waals surface area (Å²) in [5.74, 6) is -0.324. The number of anilines is 1. The Kier molecular flexibility index (Phi) is 6.83. The molecule has 0 radical (unpaired) electrons. The van der Waals surface area contributed by atoms with Gasteiger partial charge in [0.15, 0.2) is 0 Å². The molecule has 0 saturated carbocycles. The molecule has 0 spiro atoms. The number of rotatable bonds is 4. The molecular formula is C23H24N4O4S. The minimum Gasteiger partial charge on any atom is -0.446 e. The van der Waals surface area contributed by atoms with Crippen molar-refractivity contribution in [1.82, 2.24) is 9.88 Å².